The van der Waals surface area contributed by atoms with E-state index in [2.05, 4.69) is 5.32 Å². The molecule has 1 aliphatic rings. The Morgan fingerprint density at radius 2 is 1.96 bits per heavy atom. The Hall–Kier alpha value is -2.47. The van der Waals surface area contributed by atoms with Crippen molar-refractivity contribution in [1.29, 1.82) is 0 Å². The van der Waals surface area contributed by atoms with E-state index in [1.807, 2.05) is 0 Å². The van der Waals surface area contributed by atoms with Crippen LogP contribution in [0.5, 0.6) is 0 Å². The van der Waals surface area contributed by atoms with Gasteiger partial charge in [0.1, 0.15) is 5.82 Å². The van der Waals surface area contributed by atoms with Crippen molar-refractivity contribution >= 4 is 29.1 Å². The van der Waals surface area contributed by atoms with E-state index in [1.165, 1.54) is 17.0 Å². The predicted octanol–water partition coefficient (Wildman–Crippen LogP) is 3.24. The Balaban J connectivity index is 1.70. The van der Waals surface area contributed by atoms with Crippen LogP contribution in [0, 0.1) is 5.82 Å². The molecular weight excluding hydrogens is 350 g/mol. The molecule has 0 spiro atoms. The van der Waals surface area contributed by atoms with Crippen LogP contribution in [0.2, 0.25) is 5.02 Å². The molecule has 7 heteroatoms. The fourth-order valence-corrected chi connectivity index (χ4v) is 3.03. The first kappa shape index (κ1) is 17.4. The Morgan fingerprint density at radius 3 is 2.64 bits per heavy atom. The van der Waals surface area contributed by atoms with Gasteiger partial charge < -0.3 is 10.2 Å². The number of alkyl halides is 1. The molecule has 1 aliphatic heterocycles. The van der Waals surface area contributed by atoms with Gasteiger partial charge in [0.15, 0.2) is 0 Å². The molecule has 4 nitrogen and oxygen atoms in total. The molecule has 0 radical (unpaired) electrons. The van der Waals surface area contributed by atoms with Crippen LogP contribution in [-0.2, 0) is 16.1 Å². The van der Waals surface area contributed by atoms with Crippen molar-refractivity contribution in [3.05, 3.63) is 64.9 Å². The second kappa shape index (κ2) is 6.80. The molecule has 0 aliphatic carbocycles. The minimum atomic E-state index is -2.63. The van der Waals surface area contributed by atoms with Crippen LogP contribution >= 0.6 is 11.6 Å². The van der Waals surface area contributed by atoms with E-state index in [4.69, 9.17) is 11.6 Å². The third kappa shape index (κ3) is 3.49. The number of halogens is 3. The molecule has 1 fully saturated rings. The molecule has 0 aromatic heterocycles. The van der Waals surface area contributed by atoms with Gasteiger partial charge in [0.2, 0.25) is 0 Å². The lowest BCUT2D eigenvalue weighted by atomic mass is 10.0. The number of rotatable bonds is 4. The van der Waals surface area contributed by atoms with Crippen molar-refractivity contribution in [3.8, 4) is 0 Å². The molecule has 2 aromatic carbocycles. The smallest absolute Gasteiger partial charge is 0.274 e. The van der Waals surface area contributed by atoms with Crippen molar-refractivity contribution in [2.45, 2.75) is 18.6 Å². The largest absolute Gasteiger partial charge is 0.349 e. The lowest BCUT2D eigenvalue weighted by Crippen LogP contribution is -2.49. The van der Waals surface area contributed by atoms with Crippen LogP contribution in [0.15, 0.2) is 48.5 Å². The molecule has 1 saturated heterocycles. The standard InChI is InChI=1S/C18H15ClF2N2O2/c19-13-8-12(9-14(20)10-13)11-22-16(24)18(21)6-7-23(17(18)25)15-4-2-1-3-5-15/h1-5,8-10H,6-7,11H2,(H,22,24)/t18-/m1/s1. The molecule has 0 saturated carbocycles. The van der Waals surface area contributed by atoms with Crippen molar-refractivity contribution < 1.29 is 18.4 Å². The number of carbonyl (C=O) groups excluding carboxylic acids is 2. The average molecular weight is 365 g/mol. The van der Waals surface area contributed by atoms with Crippen molar-refractivity contribution in [3.63, 3.8) is 0 Å². The highest BCUT2D eigenvalue weighted by atomic mass is 35.5. The summed E-state index contributed by atoms with van der Waals surface area (Å²) in [7, 11) is 0. The lowest BCUT2D eigenvalue weighted by Gasteiger charge is -2.20. The highest BCUT2D eigenvalue weighted by Gasteiger charge is 2.53. The Kier molecular flexibility index (Phi) is 4.72. The Bertz CT molecular complexity index is 796. The van der Waals surface area contributed by atoms with Crippen LogP contribution in [0.3, 0.4) is 0 Å². The quantitative estimate of drug-likeness (QED) is 0.847. The van der Waals surface area contributed by atoms with Gasteiger partial charge in [-0.25, -0.2) is 8.78 Å². The van der Waals surface area contributed by atoms with Gasteiger partial charge >= 0.3 is 0 Å². The van der Waals surface area contributed by atoms with Gasteiger partial charge in [0, 0.05) is 30.2 Å². The zero-order chi connectivity index (χ0) is 18.0. The number of hydrogen-bond donors (Lipinski definition) is 1. The molecule has 1 atom stereocenters. The highest BCUT2D eigenvalue weighted by molar-refractivity contribution is 6.30. The van der Waals surface area contributed by atoms with Gasteiger partial charge in [0.05, 0.1) is 0 Å². The zero-order valence-corrected chi connectivity index (χ0v) is 13.9. The molecular formula is C18H15ClF2N2O2. The highest BCUT2D eigenvalue weighted by Crippen LogP contribution is 2.31. The van der Waals surface area contributed by atoms with E-state index < -0.39 is 23.3 Å². The maximum absolute atomic E-state index is 15.0. The summed E-state index contributed by atoms with van der Waals surface area (Å²) in [4.78, 5) is 25.9. The Morgan fingerprint density at radius 1 is 1.24 bits per heavy atom. The number of anilines is 1. The molecule has 1 heterocycles. The van der Waals surface area contributed by atoms with E-state index in [0.29, 0.717) is 11.3 Å². The summed E-state index contributed by atoms with van der Waals surface area (Å²) in [6, 6.07) is 12.4. The molecule has 0 bridgehead atoms. The number of carbonyl (C=O) groups is 2. The van der Waals surface area contributed by atoms with Crippen LogP contribution in [-0.4, -0.2) is 24.0 Å². The van der Waals surface area contributed by atoms with Crippen molar-refractivity contribution in [1.82, 2.24) is 5.32 Å². The monoisotopic (exact) mass is 364 g/mol. The first-order chi connectivity index (χ1) is 11.9. The SMILES string of the molecule is O=C(NCc1cc(F)cc(Cl)c1)[C@]1(F)CCN(c2ccccc2)C1=O. The average Bonchev–Trinajstić information content (AvgIpc) is 2.89. The van der Waals surface area contributed by atoms with Crippen LogP contribution in [0.1, 0.15) is 12.0 Å². The van der Waals surface area contributed by atoms with Crippen LogP contribution in [0.25, 0.3) is 0 Å². The number of para-hydroxylation sites is 1. The topological polar surface area (TPSA) is 49.4 Å². The third-order valence-electron chi connectivity index (χ3n) is 4.07. The molecule has 1 N–H and O–H groups in total. The second-order valence-corrected chi connectivity index (χ2v) is 6.24. The fraction of sp³-hybridized carbons (Fsp3) is 0.222. The van der Waals surface area contributed by atoms with Crippen molar-refractivity contribution in [2.24, 2.45) is 0 Å². The summed E-state index contributed by atoms with van der Waals surface area (Å²) >= 11 is 5.74. The third-order valence-corrected chi connectivity index (χ3v) is 4.29. The van der Waals surface area contributed by atoms with Crippen LogP contribution < -0.4 is 10.2 Å². The summed E-state index contributed by atoms with van der Waals surface area (Å²) in [5, 5.41) is 2.52. The molecule has 130 valence electrons. The maximum Gasteiger partial charge on any atom is 0.274 e. The van der Waals surface area contributed by atoms with Crippen LogP contribution in [0.4, 0.5) is 14.5 Å². The normalized spacial score (nSPS) is 20.0. The molecule has 2 aromatic rings. The van der Waals surface area contributed by atoms with Gasteiger partial charge in [-0.3, -0.25) is 9.59 Å². The van der Waals surface area contributed by atoms with E-state index in [0.717, 1.165) is 6.07 Å². The lowest BCUT2D eigenvalue weighted by molar-refractivity contribution is -0.142. The molecule has 25 heavy (non-hydrogen) atoms. The molecule has 0 unspecified atom stereocenters. The predicted molar refractivity (Wildman–Crippen MR) is 90.5 cm³/mol. The van der Waals surface area contributed by atoms with Gasteiger partial charge in [-0.05, 0) is 35.9 Å². The van der Waals surface area contributed by atoms with E-state index in [9.17, 15) is 18.4 Å². The van der Waals surface area contributed by atoms with Gasteiger partial charge in [-0.2, -0.15) is 0 Å². The van der Waals surface area contributed by atoms with E-state index >= 15 is 0 Å². The molecule has 2 amide bonds. The van der Waals surface area contributed by atoms with Crippen molar-refractivity contribution in [2.75, 3.05) is 11.4 Å². The number of nitrogens with one attached hydrogen (secondary N) is 1. The summed E-state index contributed by atoms with van der Waals surface area (Å²) in [5.74, 6) is -2.48. The summed E-state index contributed by atoms with van der Waals surface area (Å²) in [5.41, 5.74) is -1.71. The van der Waals surface area contributed by atoms with Gasteiger partial charge in [0.25, 0.3) is 17.5 Å². The first-order valence-corrected chi connectivity index (χ1v) is 8.07. The number of benzene rings is 2. The summed E-state index contributed by atoms with van der Waals surface area (Å²) in [6.45, 7) is -0.0147. The minimum Gasteiger partial charge on any atom is -0.349 e. The van der Waals surface area contributed by atoms with E-state index in [-0.39, 0.29) is 24.5 Å². The minimum absolute atomic E-state index is 0.110. The number of hydrogen-bond acceptors (Lipinski definition) is 2. The fourth-order valence-electron chi connectivity index (χ4n) is 2.79. The second-order valence-electron chi connectivity index (χ2n) is 5.80. The zero-order valence-electron chi connectivity index (χ0n) is 13.1. The summed E-state index contributed by atoms with van der Waals surface area (Å²) in [6.07, 6.45) is -0.240. The van der Waals surface area contributed by atoms with E-state index in [1.54, 1.807) is 30.3 Å². The van der Waals surface area contributed by atoms with Gasteiger partial charge in [-0.1, -0.05) is 29.8 Å². The van der Waals surface area contributed by atoms with Gasteiger partial charge in [-0.15, -0.1) is 0 Å². The number of nitrogens with zero attached hydrogens (tertiary/aromatic N) is 1. The first-order valence-electron chi connectivity index (χ1n) is 7.69. The Labute approximate surface area is 148 Å². The molecule has 3 rings (SSSR count). The number of amides is 2. The summed E-state index contributed by atoms with van der Waals surface area (Å²) < 4.78 is 28.3. The maximum atomic E-state index is 15.0.